The minimum absolute atomic E-state index is 0.0309. The summed E-state index contributed by atoms with van der Waals surface area (Å²) < 4.78 is 38.3. The number of carbonyl (C=O) groups is 1. The van der Waals surface area contributed by atoms with Crippen LogP contribution in [0.1, 0.15) is 51.4 Å². The van der Waals surface area contributed by atoms with E-state index in [4.69, 9.17) is 0 Å². The van der Waals surface area contributed by atoms with E-state index in [1.54, 1.807) is 0 Å². The summed E-state index contributed by atoms with van der Waals surface area (Å²) in [7, 11) is 0. The molecule has 0 aromatic rings. The van der Waals surface area contributed by atoms with Gasteiger partial charge in [0.25, 0.3) is 0 Å². The molecule has 2 fully saturated rings. The summed E-state index contributed by atoms with van der Waals surface area (Å²) in [6.45, 7) is 0.415. The molecular weight excluding hydrogens is 283 g/mol. The van der Waals surface area contributed by atoms with Crippen molar-refractivity contribution < 1.29 is 23.1 Å². The smallest absolute Gasteiger partial charge is 0.391 e. The normalized spacial score (nSPS) is 29.3. The number of aliphatic hydroxyl groups is 1. The lowest BCUT2D eigenvalue weighted by atomic mass is 9.80. The predicted molar refractivity (Wildman–Crippen MR) is 72.5 cm³/mol. The van der Waals surface area contributed by atoms with Crippen LogP contribution in [0.15, 0.2) is 0 Å². The lowest BCUT2D eigenvalue weighted by Gasteiger charge is -2.31. The molecule has 0 radical (unpaired) electrons. The average Bonchev–Trinajstić information content (AvgIpc) is 2.93. The van der Waals surface area contributed by atoms with Crippen LogP contribution in [0.5, 0.6) is 0 Å². The third-order valence-corrected chi connectivity index (χ3v) is 5.15. The molecule has 0 aliphatic heterocycles. The minimum atomic E-state index is -4.20. The molecule has 3 nitrogen and oxygen atoms in total. The summed E-state index contributed by atoms with van der Waals surface area (Å²) >= 11 is 0. The summed E-state index contributed by atoms with van der Waals surface area (Å²) in [5.74, 6) is -2.16. The first kappa shape index (κ1) is 16.6. The van der Waals surface area contributed by atoms with E-state index in [0.29, 0.717) is 19.4 Å². The van der Waals surface area contributed by atoms with Crippen LogP contribution in [0, 0.1) is 17.3 Å². The second-order valence-corrected chi connectivity index (χ2v) is 6.69. The standard InChI is InChI=1S/C15H24F3NO2/c16-15(17,18)12-5-3-4-11(8-12)13(21)19-9-14(10-20)6-1-2-7-14/h11-12,20H,1-10H2,(H,19,21). The number of hydrogen-bond donors (Lipinski definition) is 2. The van der Waals surface area contributed by atoms with Crippen molar-refractivity contribution in [2.75, 3.05) is 13.2 Å². The first-order chi connectivity index (χ1) is 9.86. The minimum Gasteiger partial charge on any atom is -0.396 e. The fourth-order valence-corrected chi connectivity index (χ4v) is 3.66. The van der Waals surface area contributed by atoms with Crippen molar-refractivity contribution in [1.29, 1.82) is 0 Å². The van der Waals surface area contributed by atoms with Crippen molar-refractivity contribution in [3.8, 4) is 0 Å². The van der Waals surface area contributed by atoms with Gasteiger partial charge in [-0.1, -0.05) is 19.3 Å². The molecule has 0 aromatic heterocycles. The first-order valence-corrected chi connectivity index (χ1v) is 7.82. The Labute approximate surface area is 123 Å². The zero-order valence-corrected chi connectivity index (χ0v) is 12.2. The Hall–Kier alpha value is -0.780. The van der Waals surface area contributed by atoms with Crippen molar-refractivity contribution in [2.45, 2.75) is 57.5 Å². The Bertz CT molecular complexity index is 364. The first-order valence-electron chi connectivity index (χ1n) is 7.82. The molecule has 21 heavy (non-hydrogen) atoms. The summed E-state index contributed by atoms with van der Waals surface area (Å²) in [5.41, 5.74) is -0.256. The molecule has 0 spiro atoms. The van der Waals surface area contributed by atoms with Crippen LogP contribution in [-0.2, 0) is 4.79 Å². The molecule has 2 rings (SSSR count). The van der Waals surface area contributed by atoms with E-state index in [1.165, 1.54) is 0 Å². The van der Waals surface area contributed by atoms with Crippen molar-refractivity contribution in [3.63, 3.8) is 0 Å². The highest BCUT2D eigenvalue weighted by atomic mass is 19.4. The molecule has 0 aromatic carbocycles. The molecule has 2 aliphatic carbocycles. The summed E-state index contributed by atoms with van der Waals surface area (Å²) in [6.07, 6.45) is 0.648. The Morgan fingerprint density at radius 1 is 1.19 bits per heavy atom. The van der Waals surface area contributed by atoms with Crippen molar-refractivity contribution in [2.24, 2.45) is 17.3 Å². The molecule has 2 aliphatic rings. The fourth-order valence-electron chi connectivity index (χ4n) is 3.66. The van der Waals surface area contributed by atoms with E-state index in [2.05, 4.69) is 5.32 Å². The average molecular weight is 307 g/mol. The SMILES string of the molecule is O=C(NCC1(CO)CCCC1)C1CCCC(C(F)(F)F)C1. The van der Waals surface area contributed by atoms with E-state index < -0.39 is 18.0 Å². The largest absolute Gasteiger partial charge is 0.396 e. The number of halogens is 3. The molecule has 2 saturated carbocycles. The van der Waals surface area contributed by atoms with Gasteiger partial charge in [-0.3, -0.25) is 4.79 Å². The maximum atomic E-state index is 12.8. The van der Waals surface area contributed by atoms with E-state index in [9.17, 15) is 23.1 Å². The van der Waals surface area contributed by atoms with E-state index in [0.717, 1.165) is 25.7 Å². The molecule has 2 unspecified atom stereocenters. The van der Waals surface area contributed by atoms with Gasteiger partial charge in [-0.15, -0.1) is 0 Å². The van der Waals surface area contributed by atoms with Gasteiger partial charge in [-0.2, -0.15) is 13.2 Å². The van der Waals surface area contributed by atoms with Crippen molar-refractivity contribution in [1.82, 2.24) is 5.32 Å². The number of nitrogens with one attached hydrogen (secondary N) is 1. The Morgan fingerprint density at radius 3 is 2.43 bits per heavy atom. The maximum absolute atomic E-state index is 12.8. The van der Waals surface area contributed by atoms with Gasteiger partial charge in [0.1, 0.15) is 0 Å². The molecule has 0 saturated heterocycles. The molecule has 2 atom stereocenters. The molecule has 1 amide bonds. The van der Waals surface area contributed by atoms with Crippen LogP contribution in [0.3, 0.4) is 0 Å². The van der Waals surface area contributed by atoms with Crippen LogP contribution in [0.4, 0.5) is 13.2 Å². The zero-order chi connectivity index (χ0) is 15.5. The summed E-state index contributed by atoms with van der Waals surface area (Å²) in [6, 6.07) is 0. The number of aliphatic hydroxyl groups excluding tert-OH is 1. The summed E-state index contributed by atoms with van der Waals surface area (Å²) in [4.78, 5) is 12.1. The number of rotatable bonds is 4. The van der Waals surface area contributed by atoms with Gasteiger partial charge in [0.15, 0.2) is 0 Å². The highest BCUT2D eigenvalue weighted by molar-refractivity contribution is 5.78. The second-order valence-electron chi connectivity index (χ2n) is 6.69. The second kappa shape index (κ2) is 6.55. The Morgan fingerprint density at radius 2 is 1.86 bits per heavy atom. The molecular formula is C15H24F3NO2. The van der Waals surface area contributed by atoms with Gasteiger partial charge in [0.05, 0.1) is 12.5 Å². The molecule has 0 heterocycles. The fraction of sp³-hybridized carbons (Fsp3) is 0.933. The molecule has 6 heteroatoms. The third kappa shape index (κ3) is 4.11. The Kier molecular flexibility index (Phi) is 5.17. The highest BCUT2D eigenvalue weighted by Gasteiger charge is 2.44. The number of carbonyl (C=O) groups excluding carboxylic acids is 1. The molecule has 122 valence electrons. The Balaban J connectivity index is 1.85. The lowest BCUT2D eigenvalue weighted by molar-refractivity contribution is -0.186. The van der Waals surface area contributed by atoms with Crippen LogP contribution < -0.4 is 5.32 Å². The van der Waals surface area contributed by atoms with Crippen LogP contribution in [-0.4, -0.2) is 30.3 Å². The maximum Gasteiger partial charge on any atom is 0.391 e. The monoisotopic (exact) mass is 307 g/mol. The number of alkyl halides is 3. The van der Waals surface area contributed by atoms with Gasteiger partial charge in [0.2, 0.25) is 5.91 Å². The topological polar surface area (TPSA) is 49.3 Å². The van der Waals surface area contributed by atoms with Gasteiger partial charge in [-0.25, -0.2) is 0 Å². The van der Waals surface area contributed by atoms with Crippen molar-refractivity contribution >= 4 is 5.91 Å². The van der Waals surface area contributed by atoms with Gasteiger partial charge in [-0.05, 0) is 32.1 Å². The molecule has 2 N–H and O–H groups in total. The zero-order valence-electron chi connectivity index (χ0n) is 12.2. The van der Waals surface area contributed by atoms with Crippen LogP contribution >= 0.6 is 0 Å². The lowest BCUT2D eigenvalue weighted by Crippen LogP contribution is -2.43. The van der Waals surface area contributed by atoms with E-state index >= 15 is 0 Å². The predicted octanol–water partition coefficient (Wildman–Crippen LogP) is 3.02. The number of hydrogen-bond acceptors (Lipinski definition) is 2. The third-order valence-electron chi connectivity index (χ3n) is 5.15. The van der Waals surface area contributed by atoms with Crippen LogP contribution in [0.25, 0.3) is 0 Å². The number of amides is 1. The summed E-state index contributed by atoms with van der Waals surface area (Å²) in [5, 5.41) is 12.3. The van der Waals surface area contributed by atoms with E-state index in [1.807, 2.05) is 0 Å². The molecule has 0 bridgehead atoms. The van der Waals surface area contributed by atoms with Gasteiger partial charge in [0, 0.05) is 17.9 Å². The van der Waals surface area contributed by atoms with Crippen LogP contribution in [0.2, 0.25) is 0 Å². The van der Waals surface area contributed by atoms with Gasteiger partial charge >= 0.3 is 6.18 Å². The van der Waals surface area contributed by atoms with E-state index in [-0.39, 0.29) is 30.8 Å². The van der Waals surface area contributed by atoms with Crippen molar-refractivity contribution in [3.05, 3.63) is 0 Å². The quantitative estimate of drug-likeness (QED) is 0.839. The highest BCUT2D eigenvalue weighted by Crippen LogP contribution is 2.40. The van der Waals surface area contributed by atoms with Gasteiger partial charge < -0.3 is 10.4 Å².